The van der Waals surface area contributed by atoms with Gasteiger partial charge in [0.2, 0.25) is 5.91 Å². The minimum absolute atomic E-state index is 0. The van der Waals surface area contributed by atoms with Gasteiger partial charge in [-0.3, -0.25) is 4.79 Å². The third-order valence-electron chi connectivity index (χ3n) is 4.32. The number of hydrogen-bond donors (Lipinski definition) is 2. The zero-order valence-electron chi connectivity index (χ0n) is 13.9. The van der Waals surface area contributed by atoms with E-state index in [1.807, 2.05) is 25.3 Å². The zero-order valence-corrected chi connectivity index (χ0v) is 15.5. The molecular formula is C16H26Cl2N4O2. The molecule has 0 aliphatic carbocycles. The number of carbonyl (C=O) groups is 1. The number of nitrogens with zero attached hydrogens (tertiary/aromatic N) is 2. The lowest BCUT2D eigenvalue weighted by molar-refractivity contribution is -0.123. The number of carbonyl (C=O) groups excluding carboxylic acids is 1. The van der Waals surface area contributed by atoms with Gasteiger partial charge in [-0.1, -0.05) is 0 Å². The molecule has 3 heterocycles. The Morgan fingerprint density at radius 2 is 2.04 bits per heavy atom. The van der Waals surface area contributed by atoms with Crippen LogP contribution < -0.4 is 15.5 Å². The first-order chi connectivity index (χ1) is 10.7. The monoisotopic (exact) mass is 376 g/mol. The number of hydrogen-bond acceptors (Lipinski definition) is 5. The number of halogens is 2. The smallest absolute Gasteiger partial charge is 0.245 e. The quantitative estimate of drug-likeness (QED) is 0.846. The molecule has 0 bridgehead atoms. The summed E-state index contributed by atoms with van der Waals surface area (Å²) in [5.74, 6) is 0.496. The number of aromatic nitrogens is 1. The molecule has 0 radical (unpaired) electrons. The Hall–Kier alpha value is -1.08. The normalized spacial score (nSPS) is 23.6. The van der Waals surface area contributed by atoms with E-state index in [4.69, 9.17) is 4.74 Å². The van der Waals surface area contributed by atoms with Gasteiger partial charge in [0.15, 0.2) is 0 Å². The van der Waals surface area contributed by atoms with E-state index in [1.165, 1.54) is 19.3 Å². The number of nitrogens with one attached hydrogen (secondary N) is 2. The SMILES string of the molecule is C[C@H]1OCCN[C@@H]1C(=O)Nc1ccc(N2CCCCC2)cn1.Cl.Cl. The van der Waals surface area contributed by atoms with Crippen LogP contribution in [0.15, 0.2) is 18.3 Å². The Balaban J connectivity index is 0.00000144. The molecule has 2 aliphatic rings. The van der Waals surface area contributed by atoms with Gasteiger partial charge >= 0.3 is 0 Å². The van der Waals surface area contributed by atoms with Crippen LogP contribution in [-0.4, -0.2) is 49.3 Å². The predicted molar refractivity (Wildman–Crippen MR) is 101 cm³/mol. The molecule has 136 valence electrons. The lowest BCUT2D eigenvalue weighted by Gasteiger charge is -2.29. The lowest BCUT2D eigenvalue weighted by Crippen LogP contribution is -2.53. The fourth-order valence-corrected chi connectivity index (χ4v) is 3.03. The van der Waals surface area contributed by atoms with Crippen molar-refractivity contribution < 1.29 is 9.53 Å². The molecule has 24 heavy (non-hydrogen) atoms. The van der Waals surface area contributed by atoms with Crippen molar-refractivity contribution in [2.45, 2.75) is 38.3 Å². The minimum Gasteiger partial charge on any atom is -0.375 e. The van der Waals surface area contributed by atoms with E-state index in [-0.39, 0.29) is 42.9 Å². The van der Waals surface area contributed by atoms with Crippen LogP contribution in [0.5, 0.6) is 0 Å². The van der Waals surface area contributed by atoms with E-state index in [0.717, 1.165) is 18.8 Å². The van der Waals surface area contributed by atoms with Crippen molar-refractivity contribution in [2.24, 2.45) is 0 Å². The van der Waals surface area contributed by atoms with Crippen molar-refractivity contribution in [3.8, 4) is 0 Å². The molecule has 1 amide bonds. The molecule has 2 N–H and O–H groups in total. The zero-order chi connectivity index (χ0) is 15.4. The Bertz CT molecular complexity index is 509. The van der Waals surface area contributed by atoms with Crippen LogP contribution in [0.25, 0.3) is 0 Å². The second-order valence-electron chi connectivity index (χ2n) is 5.95. The van der Waals surface area contributed by atoms with Crippen molar-refractivity contribution in [2.75, 3.05) is 36.5 Å². The Kier molecular flexibility index (Phi) is 8.76. The first-order valence-electron chi connectivity index (χ1n) is 8.11. The van der Waals surface area contributed by atoms with Gasteiger partial charge in [-0.15, -0.1) is 24.8 Å². The van der Waals surface area contributed by atoms with Gasteiger partial charge < -0.3 is 20.3 Å². The summed E-state index contributed by atoms with van der Waals surface area (Å²) < 4.78 is 5.50. The van der Waals surface area contributed by atoms with Gasteiger partial charge in [-0.2, -0.15) is 0 Å². The summed E-state index contributed by atoms with van der Waals surface area (Å²) in [4.78, 5) is 19.0. The molecule has 0 unspecified atom stereocenters. The van der Waals surface area contributed by atoms with Crippen molar-refractivity contribution in [3.05, 3.63) is 18.3 Å². The van der Waals surface area contributed by atoms with E-state index in [9.17, 15) is 4.79 Å². The second-order valence-corrected chi connectivity index (χ2v) is 5.95. The molecular weight excluding hydrogens is 351 g/mol. The maximum atomic E-state index is 12.3. The van der Waals surface area contributed by atoms with Crippen molar-refractivity contribution in [3.63, 3.8) is 0 Å². The fourth-order valence-electron chi connectivity index (χ4n) is 3.03. The maximum Gasteiger partial charge on any atom is 0.245 e. The standard InChI is InChI=1S/C16H24N4O2.2ClH/c1-12-15(17-7-10-22-12)16(21)19-14-6-5-13(11-18-14)20-8-3-2-4-9-20;;/h5-6,11-12,15,17H,2-4,7-10H2,1H3,(H,18,19,21);2*1H/t12-,15+;;/m1../s1. The predicted octanol–water partition coefficient (Wildman–Crippen LogP) is 2.23. The number of piperidine rings is 1. The van der Waals surface area contributed by atoms with Crippen molar-refractivity contribution in [1.82, 2.24) is 10.3 Å². The summed E-state index contributed by atoms with van der Waals surface area (Å²) in [6.45, 7) is 5.43. The highest BCUT2D eigenvalue weighted by Gasteiger charge is 2.28. The summed E-state index contributed by atoms with van der Waals surface area (Å²) in [7, 11) is 0. The Morgan fingerprint density at radius 3 is 2.67 bits per heavy atom. The highest BCUT2D eigenvalue weighted by molar-refractivity contribution is 5.94. The van der Waals surface area contributed by atoms with E-state index in [1.54, 1.807) is 0 Å². The number of amides is 1. The van der Waals surface area contributed by atoms with Crippen molar-refractivity contribution >= 4 is 42.2 Å². The van der Waals surface area contributed by atoms with E-state index < -0.39 is 0 Å². The van der Waals surface area contributed by atoms with Gasteiger partial charge in [0.05, 0.1) is 24.6 Å². The van der Waals surface area contributed by atoms with Gasteiger partial charge in [0.1, 0.15) is 11.9 Å². The van der Waals surface area contributed by atoms with E-state index in [2.05, 4.69) is 20.5 Å². The van der Waals surface area contributed by atoms with E-state index in [0.29, 0.717) is 19.0 Å². The minimum atomic E-state index is -0.322. The van der Waals surface area contributed by atoms with Gasteiger partial charge in [0.25, 0.3) is 0 Å². The molecule has 2 saturated heterocycles. The molecule has 8 heteroatoms. The third-order valence-corrected chi connectivity index (χ3v) is 4.32. The summed E-state index contributed by atoms with van der Waals surface area (Å²) in [5, 5.41) is 6.04. The van der Waals surface area contributed by atoms with Gasteiger partial charge in [0, 0.05) is 19.6 Å². The number of ether oxygens (including phenoxy) is 1. The molecule has 2 fully saturated rings. The molecule has 0 spiro atoms. The Labute approximate surface area is 155 Å². The lowest BCUT2D eigenvalue weighted by atomic mass is 10.1. The van der Waals surface area contributed by atoms with Crippen LogP contribution in [0, 0.1) is 0 Å². The average Bonchev–Trinajstić information content (AvgIpc) is 2.57. The van der Waals surface area contributed by atoms with E-state index >= 15 is 0 Å². The first-order valence-corrected chi connectivity index (χ1v) is 8.11. The largest absolute Gasteiger partial charge is 0.375 e. The highest BCUT2D eigenvalue weighted by atomic mass is 35.5. The number of anilines is 2. The topological polar surface area (TPSA) is 66.5 Å². The molecule has 2 atom stereocenters. The van der Waals surface area contributed by atoms with Crippen LogP contribution in [-0.2, 0) is 9.53 Å². The molecule has 1 aromatic rings. The number of rotatable bonds is 3. The maximum absolute atomic E-state index is 12.3. The summed E-state index contributed by atoms with van der Waals surface area (Å²) in [5.41, 5.74) is 1.13. The number of morpholine rings is 1. The van der Waals surface area contributed by atoms with Crippen molar-refractivity contribution in [1.29, 1.82) is 0 Å². The second kappa shape index (κ2) is 10.0. The third kappa shape index (κ3) is 5.21. The molecule has 0 saturated carbocycles. The summed E-state index contributed by atoms with van der Waals surface area (Å²) in [6.07, 6.45) is 5.51. The highest BCUT2D eigenvalue weighted by Crippen LogP contribution is 2.20. The molecule has 6 nitrogen and oxygen atoms in total. The Morgan fingerprint density at radius 1 is 1.29 bits per heavy atom. The summed E-state index contributed by atoms with van der Waals surface area (Å²) in [6, 6.07) is 3.58. The first kappa shape index (κ1) is 21.0. The fraction of sp³-hybridized carbons (Fsp3) is 0.625. The van der Waals surface area contributed by atoms with Gasteiger partial charge in [-0.25, -0.2) is 4.98 Å². The molecule has 0 aromatic carbocycles. The van der Waals surface area contributed by atoms with Crippen LogP contribution >= 0.6 is 24.8 Å². The van der Waals surface area contributed by atoms with Crippen LogP contribution in [0.2, 0.25) is 0 Å². The summed E-state index contributed by atoms with van der Waals surface area (Å²) >= 11 is 0. The van der Waals surface area contributed by atoms with Crippen LogP contribution in [0.3, 0.4) is 0 Å². The molecule has 3 rings (SSSR count). The number of pyridine rings is 1. The molecule has 2 aliphatic heterocycles. The average molecular weight is 377 g/mol. The van der Waals surface area contributed by atoms with Crippen LogP contribution in [0.1, 0.15) is 26.2 Å². The molecule has 1 aromatic heterocycles. The van der Waals surface area contributed by atoms with Gasteiger partial charge in [-0.05, 0) is 38.3 Å². The van der Waals surface area contributed by atoms with Crippen LogP contribution in [0.4, 0.5) is 11.5 Å².